The Morgan fingerprint density at radius 2 is 1.66 bits per heavy atom. The summed E-state index contributed by atoms with van der Waals surface area (Å²) in [5, 5.41) is 11.1. The van der Waals surface area contributed by atoms with E-state index in [-0.39, 0.29) is 11.3 Å². The van der Waals surface area contributed by atoms with E-state index in [0.717, 1.165) is 13.1 Å². The SMILES string of the molecule is CCOc1ccc(C(O)=C2C(=O)C(=O)N(CC[NH+](CC)CC)[C@H]2c2ccc(F)cc2)cc1. The van der Waals surface area contributed by atoms with Crippen LogP contribution < -0.4 is 9.64 Å². The number of hydrogen-bond acceptors (Lipinski definition) is 4. The molecule has 1 fully saturated rings. The van der Waals surface area contributed by atoms with Gasteiger partial charge in [-0.3, -0.25) is 9.59 Å². The molecule has 170 valence electrons. The molecule has 7 heteroatoms. The van der Waals surface area contributed by atoms with Crippen LogP contribution in [-0.4, -0.2) is 54.5 Å². The highest BCUT2D eigenvalue weighted by Gasteiger charge is 2.46. The first-order chi connectivity index (χ1) is 15.4. The highest BCUT2D eigenvalue weighted by molar-refractivity contribution is 6.46. The number of rotatable bonds is 9. The van der Waals surface area contributed by atoms with Crippen LogP contribution in [0.5, 0.6) is 5.75 Å². The number of carbonyl (C=O) groups is 2. The van der Waals surface area contributed by atoms with Crippen LogP contribution >= 0.6 is 0 Å². The molecule has 0 bridgehead atoms. The summed E-state index contributed by atoms with van der Waals surface area (Å²) in [6.45, 7) is 9.33. The second-order valence-electron chi connectivity index (χ2n) is 7.71. The zero-order chi connectivity index (χ0) is 23.3. The van der Waals surface area contributed by atoms with Crippen LogP contribution in [-0.2, 0) is 9.59 Å². The molecule has 2 aromatic carbocycles. The lowest BCUT2D eigenvalue weighted by Crippen LogP contribution is -3.12. The van der Waals surface area contributed by atoms with Gasteiger partial charge < -0.3 is 19.6 Å². The fourth-order valence-corrected chi connectivity index (χ4v) is 4.02. The number of hydrogen-bond donors (Lipinski definition) is 2. The third-order valence-corrected chi connectivity index (χ3v) is 5.87. The predicted molar refractivity (Wildman–Crippen MR) is 120 cm³/mol. The second kappa shape index (κ2) is 10.4. The van der Waals surface area contributed by atoms with Gasteiger partial charge in [0, 0.05) is 5.56 Å². The van der Waals surface area contributed by atoms with Gasteiger partial charge in [0.1, 0.15) is 17.3 Å². The fourth-order valence-electron chi connectivity index (χ4n) is 4.02. The largest absolute Gasteiger partial charge is 0.507 e. The Bertz CT molecular complexity index is 982. The molecule has 2 N–H and O–H groups in total. The van der Waals surface area contributed by atoms with E-state index in [1.807, 2.05) is 6.92 Å². The first-order valence-electron chi connectivity index (χ1n) is 11.0. The summed E-state index contributed by atoms with van der Waals surface area (Å²) in [7, 11) is 0. The minimum atomic E-state index is -0.780. The normalized spacial score (nSPS) is 17.9. The average molecular weight is 442 g/mol. The second-order valence-corrected chi connectivity index (χ2v) is 7.71. The molecule has 0 unspecified atom stereocenters. The van der Waals surface area contributed by atoms with E-state index in [2.05, 4.69) is 13.8 Å². The number of ether oxygens (including phenoxy) is 1. The lowest BCUT2D eigenvalue weighted by molar-refractivity contribution is -0.895. The van der Waals surface area contributed by atoms with Gasteiger partial charge in [0.05, 0.1) is 44.4 Å². The van der Waals surface area contributed by atoms with Gasteiger partial charge in [-0.15, -0.1) is 0 Å². The van der Waals surface area contributed by atoms with E-state index >= 15 is 0 Å². The molecule has 1 heterocycles. The molecule has 1 aliphatic rings. The number of nitrogens with one attached hydrogen (secondary N) is 1. The average Bonchev–Trinajstić information content (AvgIpc) is 3.05. The Morgan fingerprint density at radius 1 is 1.03 bits per heavy atom. The number of likely N-dealkylation sites (tertiary alicyclic amines) is 1. The highest BCUT2D eigenvalue weighted by Crippen LogP contribution is 2.39. The minimum Gasteiger partial charge on any atom is -0.507 e. The smallest absolute Gasteiger partial charge is 0.295 e. The van der Waals surface area contributed by atoms with Gasteiger partial charge in [0.25, 0.3) is 11.7 Å². The quantitative estimate of drug-likeness (QED) is 0.357. The van der Waals surface area contributed by atoms with Crippen LogP contribution in [0.3, 0.4) is 0 Å². The molecule has 1 saturated heterocycles. The van der Waals surface area contributed by atoms with Gasteiger partial charge in [0.15, 0.2) is 0 Å². The summed E-state index contributed by atoms with van der Waals surface area (Å²) in [5.41, 5.74) is 1.00. The minimum absolute atomic E-state index is 0.0142. The fraction of sp³-hybridized carbons (Fsp3) is 0.360. The van der Waals surface area contributed by atoms with Crippen molar-refractivity contribution in [3.8, 4) is 5.75 Å². The van der Waals surface area contributed by atoms with Gasteiger partial charge in [-0.05, 0) is 62.7 Å². The molecule has 0 spiro atoms. The Labute approximate surface area is 187 Å². The molecule has 1 aliphatic heterocycles. The van der Waals surface area contributed by atoms with Crippen molar-refractivity contribution in [3.05, 3.63) is 71.0 Å². The molecule has 1 atom stereocenters. The Kier molecular flexibility index (Phi) is 7.64. The molecule has 0 saturated carbocycles. The Morgan fingerprint density at radius 3 is 2.22 bits per heavy atom. The maximum absolute atomic E-state index is 13.6. The Hall–Kier alpha value is -3.19. The van der Waals surface area contributed by atoms with Gasteiger partial charge in [-0.25, -0.2) is 4.39 Å². The lowest BCUT2D eigenvalue weighted by Gasteiger charge is -2.27. The standard InChI is InChI=1S/C25H29FN2O4/c1-4-27(5-2)15-16-28-22(17-7-11-19(26)12-8-17)21(24(30)25(28)31)23(29)18-9-13-20(14-10-18)32-6-3/h7-14,22,29H,4-6,15-16H2,1-3H3/p+1/t22-/m0/s1. The van der Waals surface area contributed by atoms with E-state index in [1.54, 1.807) is 36.4 Å². The van der Waals surface area contributed by atoms with Crippen LogP contribution in [0.15, 0.2) is 54.1 Å². The summed E-state index contributed by atoms with van der Waals surface area (Å²) in [6.07, 6.45) is 0. The summed E-state index contributed by atoms with van der Waals surface area (Å²) in [4.78, 5) is 28.8. The first kappa shape index (κ1) is 23.5. The number of amides is 1. The highest BCUT2D eigenvalue weighted by atomic mass is 19.1. The monoisotopic (exact) mass is 441 g/mol. The molecule has 2 aromatic rings. The van der Waals surface area contributed by atoms with Crippen LogP contribution in [0.2, 0.25) is 0 Å². The number of halogens is 1. The van der Waals surface area contributed by atoms with E-state index in [4.69, 9.17) is 4.74 Å². The topological polar surface area (TPSA) is 71.3 Å². The molecule has 1 amide bonds. The van der Waals surface area contributed by atoms with E-state index < -0.39 is 23.5 Å². The number of likely N-dealkylation sites (N-methyl/N-ethyl adjacent to an activating group) is 1. The number of ketones is 1. The van der Waals surface area contributed by atoms with Crippen molar-refractivity contribution >= 4 is 17.4 Å². The molecule has 3 rings (SSSR count). The van der Waals surface area contributed by atoms with Crippen LogP contribution in [0.1, 0.15) is 37.9 Å². The molecular weight excluding hydrogens is 411 g/mol. The molecule has 0 aliphatic carbocycles. The lowest BCUT2D eigenvalue weighted by atomic mass is 9.95. The molecule has 0 aromatic heterocycles. The van der Waals surface area contributed by atoms with Crippen LogP contribution in [0.4, 0.5) is 4.39 Å². The summed E-state index contributed by atoms with van der Waals surface area (Å²) < 4.78 is 19.0. The predicted octanol–water partition coefficient (Wildman–Crippen LogP) is 2.57. The summed E-state index contributed by atoms with van der Waals surface area (Å²) >= 11 is 0. The zero-order valence-electron chi connectivity index (χ0n) is 18.7. The van der Waals surface area contributed by atoms with Gasteiger partial charge >= 0.3 is 0 Å². The maximum atomic E-state index is 13.6. The van der Waals surface area contributed by atoms with Crippen LogP contribution in [0.25, 0.3) is 5.76 Å². The van der Waals surface area contributed by atoms with Crippen molar-refractivity contribution in [2.75, 3.05) is 32.8 Å². The number of carbonyl (C=O) groups excluding carboxylic acids is 2. The first-order valence-corrected chi connectivity index (χ1v) is 11.0. The third kappa shape index (κ3) is 4.83. The van der Waals surface area contributed by atoms with Crippen molar-refractivity contribution in [1.82, 2.24) is 4.90 Å². The van der Waals surface area contributed by atoms with Crippen LogP contribution in [0, 0.1) is 5.82 Å². The zero-order valence-corrected chi connectivity index (χ0v) is 18.7. The van der Waals surface area contributed by atoms with Crippen molar-refractivity contribution < 1.29 is 28.7 Å². The summed E-state index contributed by atoms with van der Waals surface area (Å²) in [6, 6.07) is 11.6. The van der Waals surface area contributed by atoms with Gasteiger partial charge in [-0.2, -0.15) is 0 Å². The number of aliphatic hydroxyl groups is 1. The number of quaternary nitrogens is 1. The van der Waals surface area contributed by atoms with Gasteiger partial charge in [0.2, 0.25) is 0 Å². The number of benzene rings is 2. The molecule has 6 nitrogen and oxygen atoms in total. The van der Waals surface area contributed by atoms with Crippen molar-refractivity contribution in [1.29, 1.82) is 0 Å². The van der Waals surface area contributed by atoms with E-state index in [0.29, 0.717) is 36.6 Å². The van der Waals surface area contributed by atoms with Crippen molar-refractivity contribution in [3.63, 3.8) is 0 Å². The molecule has 32 heavy (non-hydrogen) atoms. The number of aliphatic hydroxyl groups excluding tert-OH is 1. The van der Waals surface area contributed by atoms with Gasteiger partial charge in [-0.1, -0.05) is 12.1 Å². The molecular formula is C25H30FN2O4+. The van der Waals surface area contributed by atoms with Crippen molar-refractivity contribution in [2.24, 2.45) is 0 Å². The third-order valence-electron chi connectivity index (χ3n) is 5.87. The van der Waals surface area contributed by atoms with Crippen molar-refractivity contribution in [2.45, 2.75) is 26.8 Å². The maximum Gasteiger partial charge on any atom is 0.295 e. The number of nitrogens with zero attached hydrogens (tertiary/aromatic N) is 1. The summed E-state index contributed by atoms with van der Waals surface area (Å²) in [5.74, 6) is -1.41. The molecule has 0 radical (unpaired) electrons. The van der Waals surface area contributed by atoms with E-state index in [9.17, 15) is 19.1 Å². The van der Waals surface area contributed by atoms with E-state index in [1.165, 1.54) is 21.9 Å². The Balaban J connectivity index is 2.05. The number of Topliss-reactive ketones (excluding diaryl/α,β-unsaturated/α-hetero) is 1.